The lowest BCUT2D eigenvalue weighted by Crippen LogP contribution is -2.14. The second-order valence-corrected chi connectivity index (χ2v) is 5.96. The topological polar surface area (TPSA) is 65.1 Å². The molecule has 0 aliphatic rings. The van der Waals surface area contributed by atoms with Gasteiger partial charge in [-0.05, 0) is 35.7 Å². The zero-order chi connectivity index (χ0) is 17.4. The smallest absolute Gasteiger partial charge is 0.336 e. The van der Waals surface area contributed by atoms with Gasteiger partial charge < -0.3 is 4.42 Å². The zero-order valence-corrected chi connectivity index (χ0v) is 13.7. The second-order valence-electron chi connectivity index (χ2n) is 5.96. The number of aryl methyl sites for hydroxylation is 1. The summed E-state index contributed by atoms with van der Waals surface area (Å²) in [6, 6.07) is 14.7. The van der Waals surface area contributed by atoms with Crippen LogP contribution in [-0.4, -0.2) is 9.78 Å². The van der Waals surface area contributed by atoms with Crippen LogP contribution in [0.15, 0.2) is 68.7 Å². The summed E-state index contributed by atoms with van der Waals surface area (Å²) in [5.41, 5.74) is 2.74. The molecule has 0 bridgehead atoms. The number of fused-ring (bicyclic) bond motifs is 2. The molecule has 0 amide bonds. The normalized spacial score (nSPS) is 11.2. The molecule has 0 saturated heterocycles. The molecule has 2 aromatic carbocycles. The Morgan fingerprint density at radius 3 is 2.72 bits per heavy atom. The second kappa shape index (κ2) is 6.02. The third-order valence-corrected chi connectivity index (χ3v) is 4.38. The largest absolute Gasteiger partial charge is 0.423 e. The van der Waals surface area contributed by atoms with Gasteiger partial charge in [0.1, 0.15) is 5.58 Å². The molecule has 0 aliphatic carbocycles. The fraction of sp³-hybridized carbons (Fsp3) is 0.150. The average Bonchev–Trinajstić information content (AvgIpc) is 2.63. The van der Waals surface area contributed by atoms with Crippen LogP contribution in [0.2, 0.25) is 0 Å². The van der Waals surface area contributed by atoms with E-state index in [1.807, 2.05) is 36.4 Å². The van der Waals surface area contributed by atoms with Crippen LogP contribution in [0.5, 0.6) is 0 Å². The van der Waals surface area contributed by atoms with E-state index in [1.165, 1.54) is 12.3 Å². The molecule has 0 N–H and O–H groups in total. The van der Waals surface area contributed by atoms with Gasteiger partial charge in [-0.25, -0.2) is 4.79 Å². The first-order chi connectivity index (χ1) is 12.2. The van der Waals surface area contributed by atoms with E-state index >= 15 is 0 Å². The minimum absolute atomic E-state index is 0.114. The monoisotopic (exact) mass is 332 g/mol. The Balaban J connectivity index is 1.91. The third-order valence-electron chi connectivity index (χ3n) is 4.38. The minimum atomic E-state index is -0.388. The van der Waals surface area contributed by atoms with Crippen LogP contribution in [0.3, 0.4) is 0 Å². The van der Waals surface area contributed by atoms with Gasteiger partial charge in [0.2, 0.25) is 5.43 Å². The van der Waals surface area contributed by atoms with Crippen molar-refractivity contribution >= 4 is 21.9 Å². The lowest BCUT2D eigenvalue weighted by Gasteiger charge is -2.11. The molecule has 0 radical (unpaired) electrons. The molecule has 4 aromatic rings. The van der Waals surface area contributed by atoms with E-state index in [9.17, 15) is 9.59 Å². The molecular formula is C20H16N2O3. The van der Waals surface area contributed by atoms with Crippen molar-refractivity contribution in [3.8, 4) is 0 Å². The minimum Gasteiger partial charge on any atom is -0.423 e. The molecule has 25 heavy (non-hydrogen) atoms. The number of hydrogen-bond acceptors (Lipinski definition) is 4. The van der Waals surface area contributed by atoms with Crippen molar-refractivity contribution in [2.24, 2.45) is 0 Å². The van der Waals surface area contributed by atoms with Gasteiger partial charge in [0.25, 0.3) is 0 Å². The maximum Gasteiger partial charge on any atom is 0.336 e. The standard InChI is InChI=1S/C20H16N2O3/c1-2-13-7-8-15-14(10-20(24)25-19(15)9-13)12-22-17-6-4-3-5-16(17)18(23)11-21-22/h3-11H,2,12H2,1H3. The van der Waals surface area contributed by atoms with Gasteiger partial charge in [-0.1, -0.05) is 31.2 Å². The Kier molecular flexibility index (Phi) is 3.69. The molecule has 5 nitrogen and oxygen atoms in total. The van der Waals surface area contributed by atoms with Gasteiger partial charge >= 0.3 is 5.63 Å². The molecule has 0 saturated carbocycles. The average molecular weight is 332 g/mol. The van der Waals surface area contributed by atoms with Crippen molar-refractivity contribution in [2.75, 3.05) is 0 Å². The van der Waals surface area contributed by atoms with E-state index in [0.717, 1.165) is 28.5 Å². The number of benzene rings is 2. The van der Waals surface area contributed by atoms with E-state index in [4.69, 9.17) is 4.42 Å². The lowest BCUT2D eigenvalue weighted by molar-refractivity contribution is 0.556. The highest BCUT2D eigenvalue weighted by atomic mass is 16.4. The van der Waals surface area contributed by atoms with E-state index in [-0.39, 0.29) is 11.1 Å². The van der Waals surface area contributed by atoms with Crippen molar-refractivity contribution in [1.29, 1.82) is 0 Å². The summed E-state index contributed by atoms with van der Waals surface area (Å²) in [6.45, 7) is 2.44. The molecule has 0 atom stereocenters. The number of hydrogen-bond donors (Lipinski definition) is 0. The predicted molar refractivity (Wildman–Crippen MR) is 97.0 cm³/mol. The van der Waals surface area contributed by atoms with Crippen LogP contribution in [-0.2, 0) is 13.0 Å². The Morgan fingerprint density at radius 1 is 1.04 bits per heavy atom. The molecule has 0 fully saturated rings. The summed E-state index contributed by atoms with van der Waals surface area (Å²) in [7, 11) is 0. The summed E-state index contributed by atoms with van der Waals surface area (Å²) in [4.78, 5) is 23.9. The molecule has 0 aliphatic heterocycles. The SMILES string of the molecule is CCc1ccc2c(Cn3ncc(=O)c4ccccc43)cc(=O)oc2c1. The maximum absolute atomic E-state index is 12.0. The van der Waals surface area contributed by atoms with Crippen molar-refractivity contribution in [3.05, 3.63) is 86.5 Å². The van der Waals surface area contributed by atoms with Crippen molar-refractivity contribution in [2.45, 2.75) is 19.9 Å². The van der Waals surface area contributed by atoms with Crippen molar-refractivity contribution < 1.29 is 4.42 Å². The predicted octanol–water partition coefficient (Wildman–Crippen LogP) is 3.11. The van der Waals surface area contributed by atoms with E-state index in [1.54, 1.807) is 10.7 Å². The van der Waals surface area contributed by atoms with Crippen LogP contribution in [0, 0.1) is 0 Å². The highest BCUT2D eigenvalue weighted by Crippen LogP contribution is 2.20. The number of para-hydroxylation sites is 1. The first-order valence-corrected chi connectivity index (χ1v) is 8.16. The Morgan fingerprint density at radius 2 is 1.88 bits per heavy atom. The van der Waals surface area contributed by atoms with Gasteiger partial charge in [0.05, 0.1) is 18.3 Å². The molecule has 124 valence electrons. The lowest BCUT2D eigenvalue weighted by atomic mass is 10.1. The quantitative estimate of drug-likeness (QED) is 0.541. The molecule has 5 heteroatoms. The molecule has 4 rings (SSSR count). The summed E-state index contributed by atoms with van der Waals surface area (Å²) in [5, 5.41) is 5.73. The van der Waals surface area contributed by atoms with Crippen molar-refractivity contribution in [1.82, 2.24) is 9.78 Å². The first-order valence-electron chi connectivity index (χ1n) is 8.16. The molecule has 2 heterocycles. The third kappa shape index (κ3) is 2.74. The maximum atomic E-state index is 12.0. The van der Waals surface area contributed by atoms with Crippen LogP contribution < -0.4 is 11.1 Å². The fourth-order valence-corrected chi connectivity index (χ4v) is 3.07. The molecule has 0 unspecified atom stereocenters. The number of nitrogens with zero attached hydrogens (tertiary/aromatic N) is 2. The van der Waals surface area contributed by atoms with Crippen molar-refractivity contribution in [3.63, 3.8) is 0 Å². The highest BCUT2D eigenvalue weighted by molar-refractivity contribution is 5.82. The molecule has 0 spiro atoms. The van der Waals surface area contributed by atoms with Gasteiger partial charge in [-0.2, -0.15) is 5.10 Å². The Hall–Kier alpha value is -3.21. The summed E-state index contributed by atoms with van der Waals surface area (Å²) in [5.74, 6) is 0. The first kappa shape index (κ1) is 15.3. The fourth-order valence-electron chi connectivity index (χ4n) is 3.07. The summed E-state index contributed by atoms with van der Waals surface area (Å²) in [6.07, 6.45) is 2.18. The van der Waals surface area contributed by atoms with Crippen LogP contribution in [0.25, 0.3) is 21.9 Å². The van der Waals surface area contributed by atoms with E-state index in [2.05, 4.69) is 12.0 Å². The van der Waals surface area contributed by atoms with Gasteiger partial charge in [0, 0.05) is 16.8 Å². The van der Waals surface area contributed by atoms with Crippen LogP contribution in [0.4, 0.5) is 0 Å². The van der Waals surface area contributed by atoms with Gasteiger partial charge in [-0.3, -0.25) is 9.48 Å². The Labute approximate surface area is 143 Å². The van der Waals surface area contributed by atoms with Gasteiger partial charge in [-0.15, -0.1) is 0 Å². The van der Waals surface area contributed by atoms with E-state index < -0.39 is 0 Å². The van der Waals surface area contributed by atoms with Crippen LogP contribution in [0.1, 0.15) is 18.1 Å². The number of rotatable bonds is 3. The highest BCUT2D eigenvalue weighted by Gasteiger charge is 2.10. The Bertz CT molecular complexity index is 1200. The zero-order valence-electron chi connectivity index (χ0n) is 13.7. The summed E-state index contributed by atoms with van der Waals surface area (Å²) >= 11 is 0. The molecule has 2 aromatic heterocycles. The van der Waals surface area contributed by atoms with Gasteiger partial charge in [0.15, 0.2) is 0 Å². The number of aromatic nitrogens is 2. The van der Waals surface area contributed by atoms with Crippen LogP contribution >= 0.6 is 0 Å². The molecular weight excluding hydrogens is 316 g/mol. The van der Waals surface area contributed by atoms with E-state index in [0.29, 0.717) is 17.5 Å². The summed E-state index contributed by atoms with van der Waals surface area (Å²) < 4.78 is 7.09.